The van der Waals surface area contributed by atoms with Gasteiger partial charge in [-0.15, -0.1) is 0 Å². The molecule has 0 spiro atoms. The molecule has 3 aliphatic rings. The summed E-state index contributed by atoms with van der Waals surface area (Å²) in [5.41, 5.74) is 3.85. The molecule has 14 heteroatoms. The molecule has 0 saturated carbocycles. The number of unbranched alkanes of at least 4 members (excludes halogenated alkanes) is 1. The molecule has 13 nitrogen and oxygen atoms in total. The van der Waals surface area contributed by atoms with Gasteiger partial charge in [-0.1, -0.05) is 42.5 Å². The molecule has 0 aromatic heterocycles. The molecule has 2 aliphatic heterocycles. The second-order valence-corrected chi connectivity index (χ2v) is 14.7. The molecule has 5 atom stereocenters. The van der Waals surface area contributed by atoms with E-state index in [1.165, 1.54) is 27.4 Å². The van der Waals surface area contributed by atoms with Crippen molar-refractivity contribution in [1.29, 1.82) is 0 Å². The number of hydrogen-bond acceptors (Lipinski definition) is 11. The minimum atomic E-state index is -0.865. The van der Waals surface area contributed by atoms with E-state index in [1.54, 1.807) is 43.3 Å². The zero-order chi connectivity index (χ0) is 41.6. The molecule has 59 heavy (non-hydrogen) atoms. The number of amides is 2. The van der Waals surface area contributed by atoms with Crippen LogP contribution in [0, 0.1) is 17.7 Å². The monoisotopic (exact) mass is 810 g/mol. The number of carbonyl (C=O) groups excluding carboxylic acids is 4. The molecular weight excluding hydrogens is 763 g/mol. The Morgan fingerprint density at radius 2 is 1.49 bits per heavy atom. The standard InChI is InChI=1S/C45H47FN2O11/c1-25(27-12-13-29(33(46)18-27)26-10-6-5-7-11-26)44(51)48-17-9-8-16-47-38(49)14-15-39(50)59-42-31-22-35-34(57-24-58-35)21-30(31)40(41-32(42)23-56-45(41)52)28-19-36(53-2)43(55-4)37(20-28)54-3/h5-7,10-13,18-22,25,32,40-42H,8-9,14-17,23-24H2,1-4H3,(H,47,49)(H,48,51)/t25-,32+,40-,41+,42+/m0/s1. The van der Waals surface area contributed by atoms with Gasteiger partial charge in [0.2, 0.25) is 24.4 Å². The Morgan fingerprint density at radius 3 is 2.15 bits per heavy atom. The van der Waals surface area contributed by atoms with Gasteiger partial charge in [0.05, 0.1) is 46.2 Å². The van der Waals surface area contributed by atoms with E-state index in [2.05, 4.69) is 10.6 Å². The van der Waals surface area contributed by atoms with Gasteiger partial charge >= 0.3 is 11.9 Å². The van der Waals surface area contributed by atoms with Crippen LogP contribution in [0.3, 0.4) is 0 Å². The summed E-state index contributed by atoms with van der Waals surface area (Å²) in [7, 11) is 4.54. The Bertz CT molecular complexity index is 2190. The first-order valence-corrected chi connectivity index (χ1v) is 19.6. The minimum absolute atomic E-state index is 0.0164. The zero-order valence-electron chi connectivity index (χ0n) is 33.3. The van der Waals surface area contributed by atoms with Crippen LogP contribution in [0.5, 0.6) is 28.7 Å². The van der Waals surface area contributed by atoms with Gasteiger partial charge in [-0.25, -0.2) is 4.39 Å². The van der Waals surface area contributed by atoms with E-state index in [0.29, 0.717) is 82.5 Å². The first-order chi connectivity index (χ1) is 28.6. The number of carbonyl (C=O) groups is 4. The molecule has 4 aromatic carbocycles. The number of nitrogens with one attached hydrogen (secondary N) is 2. The topological polar surface area (TPSA) is 157 Å². The van der Waals surface area contributed by atoms with E-state index in [-0.39, 0.29) is 43.9 Å². The van der Waals surface area contributed by atoms with Crippen LogP contribution in [0.2, 0.25) is 0 Å². The van der Waals surface area contributed by atoms with Gasteiger partial charge < -0.3 is 43.8 Å². The van der Waals surface area contributed by atoms with E-state index in [9.17, 15) is 23.6 Å². The van der Waals surface area contributed by atoms with Crippen LogP contribution in [-0.2, 0) is 28.7 Å². The van der Waals surface area contributed by atoms with Gasteiger partial charge in [-0.2, -0.15) is 0 Å². The molecule has 1 fully saturated rings. The van der Waals surface area contributed by atoms with E-state index >= 15 is 0 Å². The third-order valence-electron chi connectivity index (χ3n) is 11.2. The second-order valence-electron chi connectivity index (χ2n) is 14.7. The first-order valence-electron chi connectivity index (χ1n) is 19.6. The van der Waals surface area contributed by atoms with E-state index in [1.807, 2.05) is 30.3 Å². The lowest BCUT2D eigenvalue weighted by atomic mass is 9.66. The molecule has 7 rings (SSSR count). The summed E-state index contributed by atoms with van der Waals surface area (Å²) >= 11 is 0. The predicted molar refractivity (Wildman–Crippen MR) is 212 cm³/mol. The summed E-state index contributed by atoms with van der Waals surface area (Å²) in [6.07, 6.45) is 0.0266. The van der Waals surface area contributed by atoms with Crippen LogP contribution in [-0.4, -0.2) is 71.6 Å². The van der Waals surface area contributed by atoms with Crippen molar-refractivity contribution >= 4 is 23.8 Å². The molecule has 0 unspecified atom stereocenters. The van der Waals surface area contributed by atoms with Gasteiger partial charge in [0.1, 0.15) is 11.9 Å². The molecule has 310 valence electrons. The maximum atomic E-state index is 14.9. The number of benzene rings is 4. The second kappa shape index (κ2) is 18.1. The smallest absolute Gasteiger partial charge is 0.310 e. The van der Waals surface area contributed by atoms with E-state index < -0.39 is 41.7 Å². The average Bonchev–Trinajstić information content (AvgIpc) is 3.88. The van der Waals surface area contributed by atoms with Crippen LogP contribution in [0.15, 0.2) is 72.8 Å². The van der Waals surface area contributed by atoms with Gasteiger partial charge in [-0.3, -0.25) is 19.2 Å². The highest BCUT2D eigenvalue weighted by atomic mass is 19.1. The SMILES string of the molecule is COc1cc([C@H]2c3cc4c(cc3[C@@H](OC(=O)CCC(=O)NCCCCNC(=O)[C@@H](C)c3ccc(-c5ccccc5)c(F)c3)[C@@H]3COC(=O)[C@@H]23)OCO4)cc(OC)c1OC. The van der Waals surface area contributed by atoms with Crippen LogP contribution in [0.1, 0.15) is 72.8 Å². The van der Waals surface area contributed by atoms with Crippen molar-refractivity contribution in [1.82, 2.24) is 10.6 Å². The van der Waals surface area contributed by atoms with Crippen LogP contribution < -0.4 is 34.3 Å². The largest absolute Gasteiger partial charge is 0.493 e. The molecule has 2 amide bonds. The van der Waals surface area contributed by atoms with Crippen molar-refractivity contribution in [2.75, 3.05) is 47.8 Å². The highest BCUT2D eigenvalue weighted by molar-refractivity contribution is 5.84. The molecule has 2 N–H and O–H groups in total. The lowest BCUT2D eigenvalue weighted by Crippen LogP contribution is -2.36. The van der Waals surface area contributed by atoms with Gasteiger partial charge in [0.15, 0.2) is 23.0 Å². The Morgan fingerprint density at radius 1 is 0.814 bits per heavy atom. The summed E-state index contributed by atoms with van der Waals surface area (Å²) < 4.78 is 54.8. The molecule has 0 radical (unpaired) electrons. The van der Waals surface area contributed by atoms with E-state index in [4.69, 9.17) is 33.2 Å². The number of fused-ring (bicyclic) bond motifs is 3. The Kier molecular flexibility index (Phi) is 12.5. The summed E-state index contributed by atoms with van der Waals surface area (Å²) in [5.74, 6) is -2.14. The number of esters is 2. The fourth-order valence-corrected chi connectivity index (χ4v) is 8.09. The lowest BCUT2D eigenvalue weighted by molar-refractivity contribution is -0.155. The van der Waals surface area contributed by atoms with Crippen molar-refractivity contribution < 1.29 is 56.7 Å². The normalized spacial score (nSPS) is 19.1. The Labute approximate surface area is 341 Å². The van der Waals surface area contributed by atoms with Gasteiger partial charge in [0.25, 0.3) is 0 Å². The highest BCUT2D eigenvalue weighted by Gasteiger charge is 2.54. The van der Waals surface area contributed by atoms with Crippen molar-refractivity contribution in [3.63, 3.8) is 0 Å². The fraction of sp³-hybridized carbons (Fsp3) is 0.378. The van der Waals surface area contributed by atoms with Gasteiger partial charge in [0, 0.05) is 42.5 Å². The quantitative estimate of drug-likeness (QED) is 0.0959. The maximum absolute atomic E-state index is 14.9. The van der Waals surface area contributed by atoms with Crippen LogP contribution in [0.4, 0.5) is 4.39 Å². The molecule has 1 aliphatic carbocycles. The Balaban J connectivity index is 0.923. The highest BCUT2D eigenvalue weighted by Crippen LogP contribution is 2.56. The number of rotatable bonds is 16. The van der Waals surface area contributed by atoms with Crippen molar-refractivity contribution in [3.8, 4) is 39.9 Å². The number of halogens is 1. The average molecular weight is 811 g/mol. The number of hydrogen-bond donors (Lipinski definition) is 2. The molecule has 1 saturated heterocycles. The number of methoxy groups -OCH3 is 3. The van der Waals surface area contributed by atoms with Crippen LogP contribution >= 0.6 is 0 Å². The zero-order valence-corrected chi connectivity index (χ0v) is 33.3. The van der Waals surface area contributed by atoms with Crippen molar-refractivity contribution in [2.24, 2.45) is 11.8 Å². The van der Waals surface area contributed by atoms with E-state index in [0.717, 1.165) is 5.56 Å². The third-order valence-corrected chi connectivity index (χ3v) is 11.2. The molecular formula is C45H47FN2O11. The van der Waals surface area contributed by atoms with Crippen LogP contribution in [0.25, 0.3) is 11.1 Å². The summed E-state index contributed by atoms with van der Waals surface area (Å²) in [6, 6.07) is 21.2. The fourth-order valence-electron chi connectivity index (χ4n) is 8.09. The molecule has 2 heterocycles. The maximum Gasteiger partial charge on any atom is 0.310 e. The molecule has 0 bridgehead atoms. The first kappa shape index (κ1) is 40.9. The van der Waals surface area contributed by atoms with Gasteiger partial charge in [-0.05, 0) is 72.4 Å². The summed E-state index contributed by atoms with van der Waals surface area (Å²) in [5, 5.41) is 5.70. The van der Waals surface area contributed by atoms with Crippen molar-refractivity contribution in [3.05, 3.63) is 101 Å². The summed E-state index contributed by atoms with van der Waals surface area (Å²) in [4.78, 5) is 52.4. The minimum Gasteiger partial charge on any atom is -0.493 e. The lowest BCUT2D eigenvalue weighted by Gasteiger charge is -2.38. The summed E-state index contributed by atoms with van der Waals surface area (Å²) in [6.45, 7) is 2.50. The predicted octanol–water partition coefficient (Wildman–Crippen LogP) is 6.36. The third kappa shape index (κ3) is 8.62. The van der Waals surface area contributed by atoms with Crippen molar-refractivity contribution in [2.45, 2.75) is 50.5 Å². The number of cyclic esters (lactones) is 1. The Hall–Kier alpha value is -6.31. The molecule has 4 aromatic rings. The number of ether oxygens (including phenoxy) is 7.